The highest BCUT2D eigenvalue weighted by molar-refractivity contribution is 5.86. The minimum Gasteiger partial charge on any atom is -0.530 e. The Bertz CT molecular complexity index is 889. The van der Waals surface area contributed by atoms with Crippen LogP contribution in [0.3, 0.4) is 0 Å². The molecule has 0 saturated carbocycles. The van der Waals surface area contributed by atoms with E-state index in [-0.39, 0.29) is 24.9 Å². The van der Waals surface area contributed by atoms with Crippen LogP contribution in [0.1, 0.15) is 43.2 Å². The van der Waals surface area contributed by atoms with Crippen LogP contribution in [0.15, 0.2) is 60.7 Å². The average molecular weight is 407 g/mol. The fourth-order valence-electron chi connectivity index (χ4n) is 4.94. The Morgan fingerprint density at radius 1 is 1.07 bits per heavy atom. The lowest BCUT2D eigenvalue weighted by molar-refractivity contribution is -0.271. The number of aliphatic hydroxyl groups is 1. The summed E-state index contributed by atoms with van der Waals surface area (Å²) in [6, 6.07) is 17.1. The highest BCUT2D eigenvalue weighted by Crippen LogP contribution is 2.42. The molecule has 2 aliphatic heterocycles. The fraction of sp³-hybridized carbons (Fsp3) is 0.417. The van der Waals surface area contributed by atoms with Crippen molar-refractivity contribution in [3.05, 3.63) is 71.8 Å². The van der Waals surface area contributed by atoms with Gasteiger partial charge in [0.05, 0.1) is 6.04 Å². The second-order valence-corrected chi connectivity index (χ2v) is 8.29. The van der Waals surface area contributed by atoms with Gasteiger partial charge in [-0.25, -0.2) is 0 Å². The summed E-state index contributed by atoms with van der Waals surface area (Å²) in [4.78, 5) is 28.3. The molecule has 30 heavy (non-hydrogen) atoms. The summed E-state index contributed by atoms with van der Waals surface area (Å²) in [6.45, 7) is 0.574. The number of hydrogen-bond donors (Lipinski definition) is 1. The molecular weight excluding hydrogens is 380 g/mol. The Morgan fingerprint density at radius 2 is 1.73 bits per heavy atom. The summed E-state index contributed by atoms with van der Waals surface area (Å²) in [6.07, 6.45) is 2.10. The monoisotopic (exact) mass is 407 g/mol. The molecule has 0 spiro atoms. The van der Waals surface area contributed by atoms with Crippen molar-refractivity contribution in [2.75, 3.05) is 6.54 Å². The van der Waals surface area contributed by atoms with E-state index in [1.165, 1.54) is 0 Å². The smallest absolute Gasteiger partial charge is 0.245 e. The van der Waals surface area contributed by atoms with Crippen LogP contribution in [0.5, 0.6) is 0 Å². The number of carbonyl (C=O) groups excluding carboxylic acids is 2. The van der Waals surface area contributed by atoms with Gasteiger partial charge in [-0.1, -0.05) is 73.5 Å². The number of fused-ring (bicyclic) bond motifs is 1. The van der Waals surface area contributed by atoms with Crippen molar-refractivity contribution in [3.8, 4) is 0 Å². The number of piperidine rings is 1. The molecule has 2 aromatic rings. The molecular formula is C24H27N2O4-. The number of nitrogens with zero attached hydrogens (tertiary/aromatic N) is 2. The second-order valence-electron chi connectivity index (χ2n) is 8.29. The Balaban J connectivity index is 1.73. The quantitative estimate of drug-likeness (QED) is 0.843. The largest absolute Gasteiger partial charge is 0.530 e. The first-order valence-electron chi connectivity index (χ1n) is 10.6. The normalized spacial score (nSPS) is 26.6. The van der Waals surface area contributed by atoms with Gasteiger partial charge in [0, 0.05) is 19.5 Å². The second kappa shape index (κ2) is 8.48. The van der Waals surface area contributed by atoms with Gasteiger partial charge in [-0.3, -0.25) is 4.79 Å². The molecule has 2 fully saturated rings. The van der Waals surface area contributed by atoms with Crippen molar-refractivity contribution < 1.29 is 19.8 Å². The minimum absolute atomic E-state index is 0.0256. The van der Waals surface area contributed by atoms with Crippen molar-refractivity contribution in [2.45, 2.75) is 56.3 Å². The third kappa shape index (κ3) is 3.79. The van der Waals surface area contributed by atoms with Crippen molar-refractivity contribution in [3.63, 3.8) is 0 Å². The van der Waals surface area contributed by atoms with E-state index >= 15 is 0 Å². The highest BCUT2D eigenvalue weighted by atomic mass is 16.4. The molecule has 158 valence electrons. The molecule has 6 heteroatoms. The van der Waals surface area contributed by atoms with E-state index < -0.39 is 17.7 Å². The van der Waals surface area contributed by atoms with Crippen LogP contribution in [0.25, 0.3) is 0 Å². The lowest BCUT2D eigenvalue weighted by Gasteiger charge is -2.51. The molecule has 2 heterocycles. The zero-order chi connectivity index (χ0) is 21.1. The molecule has 0 radical (unpaired) electrons. The first kappa shape index (κ1) is 20.4. The Kier molecular flexibility index (Phi) is 5.77. The number of amides is 2. The van der Waals surface area contributed by atoms with Crippen molar-refractivity contribution in [1.82, 2.24) is 9.80 Å². The van der Waals surface area contributed by atoms with Crippen LogP contribution in [0, 0.1) is 0 Å². The van der Waals surface area contributed by atoms with Crippen molar-refractivity contribution in [1.29, 1.82) is 0 Å². The third-order valence-electron chi connectivity index (χ3n) is 6.46. The average Bonchev–Trinajstić information content (AvgIpc) is 3.03. The Labute approximate surface area is 176 Å². The van der Waals surface area contributed by atoms with Crippen LogP contribution in [-0.2, 0) is 16.9 Å². The summed E-state index contributed by atoms with van der Waals surface area (Å²) < 4.78 is 0. The summed E-state index contributed by atoms with van der Waals surface area (Å²) in [5, 5.41) is 24.0. The maximum absolute atomic E-state index is 13.4. The zero-order valence-corrected chi connectivity index (χ0v) is 16.9. The van der Waals surface area contributed by atoms with Gasteiger partial charge in [0.25, 0.3) is 0 Å². The number of carbonyl (C=O) groups is 2. The third-order valence-corrected chi connectivity index (χ3v) is 6.46. The SMILES string of the molecule is O=C([O-])N(Cc1ccccc1)C1CC(O)(c2ccccc2)C2CCCCCN2C1=O. The molecule has 0 aliphatic carbocycles. The van der Waals surface area contributed by atoms with E-state index in [0.717, 1.165) is 35.3 Å². The van der Waals surface area contributed by atoms with E-state index in [1.807, 2.05) is 60.7 Å². The molecule has 4 rings (SSSR count). The predicted octanol–water partition coefficient (Wildman–Crippen LogP) is 2.26. The van der Waals surface area contributed by atoms with Gasteiger partial charge in [-0.15, -0.1) is 0 Å². The lowest BCUT2D eigenvalue weighted by atomic mass is 9.75. The van der Waals surface area contributed by atoms with Gasteiger partial charge in [0.2, 0.25) is 5.91 Å². The molecule has 3 unspecified atom stereocenters. The molecule has 0 bridgehead atoms. The van der Waals surface area contributed by atoms with Crippen LogP contribution in [-0.4, -0.2) is 45.5 Å². The highest BCUT2D eigenvalue weighted by Gasteiger charge is 2.53. The Morgan fingerprint density at radius 3 is 2.40 bits per heavy atom. The maximum Gasteiger partial charge on any atom is 0.245 e. The maximum atomic E-state index is 13.4. The number of benzene rings is 2. The first-order valence-corrected chi connectivity index (χ1v) is 10.6. The van der Waals surface area contributed by atoms with Gasteiger partial charge < -0.3 is 24.8 Å². The predicted molar refractivity (Wildman–Crippen MR) is 110 cm³/mol. The summed E-state index contributed by atoms with van der Waals surface area (Å²) in [5.74, 6) is -0.234. The van der Waals surface area contributed by atoms with E-state index in [4.69, 9.17) is 0 Å². The molecule has 2 aliphatic rings. The summed E-state index contributed by atoms with van der Waals surface area (Å²) in [5.41, 5.74) is 0.183. The van der Waals surface area contributed by atoms with E-state index in [9.17, 15) is 19.8 Å². The molecule has 2 amide bonds. The molecule has 1 N–H and O–H groups in total. The summed E-state index contributed by atoms with van der Waals surface area (Å²) in [7, 11) is 0. The fourth-order valence-corrected chi connectivity index (χ4v) is 4.94. The molecule has 2 saturated heterocycles. The van der Waals surface area contributed by atoms with Crippen molar-refractivity contribution in [2.24, 2.45) is 0 Å². The topological polar surface area (TPSA) is 83.9 Å². The van der Waals surface area contributed by atoms with Crippen LogP contribution in [0.2, 0.25) is 0 Å². The van der Waals surface area contributed by atoms with E-state index in [0.29, 0.717) is 13.0 Å². The first-order chi connectivity index (χ1) is 14.5. The molecule has 0 aromatic heterocycles. The van der Waals surface area contributed by atoms with E-state index in [1.54, 1.807) is 4.90 Å². The Hall–Kier alpha value is -2.86. The van der Waals surface area contributed by atoms with Gasteiger partial charge in [-0.2, -0.15) is 0 Å². The minimum atomic E-state index is -1.40. The van der Waals surface area contributed by atoms with Gasteiger partial charge in [-0.05, 0) is 24.0 Å². The van der Waals surface area contributed by atoms with Gasteiger partial charge in [0.15, 0.2) is 0 Å². The standard InChI is InChI=1S/C24H28N2O4/c27-22-20(26(23(28)29)17-18-10-4-1-5-11-18)16-24(30,19-12-6-2-7-13-19)21-14-8-3-9-15-25(21)22/h1-2,4-7,10-13,20-21,30H,3,8-9,14-17H2,(H,28,29)/p-1. The molecule has 6 nitrogen and oxygen atoms in total. The molecule has 2 aromatic carbocycles. The molecule has 3 atom stereocenters. The van der Waals surface area contributed by atoms with Crippen LogP contribution in [0.4, 0.5) is 4.79 Å². The van der Waals surface area contributed by atoms with Gasteiger partial charge >= 0.3 is 0 Å². The lowest BCUT2D eigenvalue weighted by Crippen LogP contribution is -2.66. The number of carboxylic acid groups (broad SMARTS) is 1. The summed E-state index contributed by atoms with van der Waals surface area (Å²) >= 11 is 0. The van der Waals surface area contributed by atoms with E-state index in [2.05, 4.69) is 0 Å². The zero-order valence-electron chi connectivity index (χ0n) is 16.9. The van der Waals surface area contributed by atoms with Crippen LogP contribution < -0.4 is 5.11 Å². The number of hydrogen-bond acceptors (Lipinski definition) is 4. The number of rotatable bonds is 4. The van der Waals surface area contributed by atoms with Gasteiger partial charge in [0.1, 0.15) is 17.7 Å². The van der Waals surface area contributed by atoms with Crippen LogP contribution >= 0.6 is 0 Å². The van der Waals surface area contributed by atoms with Crippen molar-refractivity contribution >= 4 is 12.0 Å².